The number of benzene rings is 2. The van der Waals surface area contributed by atoms with Gasteiger partial charge in [0.05, 0.1) is 18.1 Å². The third-order valence-electron chi connectivity index (χ3n) is 8.65. The van der Waals surface area contributed by atoms with Gasteiger partial charge >= 0.3 is 29.8 Å². The number of carboxylic acid groups (broad SMARTS) is 2. The highest BCUT2D eigenvalue weighted by molar-refractivity contribution is 6.01. The Bertz CT molecular complexity index is 2040. The Morgan fingerprint density at radius 2 is 1.43 bits per heavy atom. The molecule has 21 heteroatoms. The number of carbonyl (C=O) groups excluding carboxylic acids is 5. The summed E-state index contributed by atoms with van der Waals surface area (Å²) >= 11 is 0. The van der Waals surface area contributed by atoms with Crippen LogP contribution in [0.4, 0.5) is 23.7 Å². The van der Waals surface area contributed by atoms with Crippen molar-refractivity contribution >= 4 is 58.3 Å². The minimum atomic E-state index is -4.93. The molecule has 0 aliphatic rings. The second-order valence-corrected chi connectivity index (χ2v) is 13.1. The van der Waals surface area contributed by atoms with Crippen LogP contribution >= 0.6 is 0 Å². The highest BCUT2D eigenvalue weighted by atomic mass is 19.4. The molecule has 2 aromatic carbocycles. The van der Waals surface area contributed by atoms with E-state index < -0.39 is 125 Å². The maximum atomic E-state index is 13.5. The summed E-state index contributed by atoms with van der Waals surface area (Å²) in [6.07, 6.45) is -9.56. The number of hydrogen-bond donors (Lipinski definition) is 8. The average Bonchev–Trinajstić information content (AvgIpc) is 3.15. The normalized spacial score (nSPS) is 14.4. The minimum Gasteiger partial charge on any atom is -0.481 e. The lowest BCUT2D eigenvalue weighted by atomic mass is 9.97. The van der Waals surface area contributed by atoms with Gasteiger partial charge in [-0.2, -0.15) is 13.2 Å². The molecule has 1 heterocycles. The molecule has 18 nitrogen and oxygen atoms in total. The fourth-order valence-corrected chi connectivity index (χ4v) is 5.40. The van der Waals surface area contributed by atoms with Gasteiger partial charge in [-0.15, -0.1) is 0 Å². The van der Waals surface area contributed by atoms with Gasteiger partial charge in [-0.05, 0) is 37.0 Å². The van der Waals surface area contributed by atoms with Crippen LogP contribution in [0.25, 0.3) is 11.0 Å². The van der Waals surface area contributed by atoms with E-state index in [0.29, 0.717) is 12.0 Å². The fraction of sp³-hybridized carbons (Fsp3) is 0.405. The molecule has 58 heavy (non-hydrogen) atoms. The molecule has 0 saturated carbocycles. The van der Waals surface area contributed by atoms with E-state index in [0.717, 1.165) is 25.1 Å². The third kappa shape index (κ3) is 13.6. The summed E-state index contributed by atoms with van der Waals surface area (Å²) in [5.74, 6) is -8.15. The van der Waals surface area contributed by atoms with E-state index in [2.05, 4.69) is 26.6 Å². The van der Waals surface area contributed by atoms with Gasteiger partial charge < -0.3 is 51.1 Å². The molecule has 1 aromatic heterocycles. The quantitative estimate of drug-likeness (QED) is 0.0807. The summed E-state index contributed by atoms with van der Waals surface area (Å²) in [6.45, 7) is 4.25. The Hall–Kier alpha value is -6.51. The maximum Gasteiger partial charge on any atom is 0.417 e. The highest BCUT2D eigenvalue weighted by Crippen LogP contribution is 2.34. The predicted octanol–water partition coefficient (Wildman–Crippen LogP) is 2.27. The van der Waals surface area contributed by atoms with Gasteiger partial charge in [0.1, 0.15) is 36.4 Å². The van der Waals surface area contributed by atoms with Crippen molar-refractivity contribution < 1.29 is 71.2 Å². The van der Waals surface area contributed by atoms with Crippen LogP contribution < -0.4 is 32.2 Å². The summed E-state index contributed by atoms with van der Waals surface area (Å²) in [7, 11) is 0. The van der Waals surface area contributed by atoms with E-state index in [9.17, 15) is 66.8 Å². The average molecular weight is 822 g/mol. The summed E-state index contributed by atoms with van der Waals surface area (Å²) in [4.78, 5) is 101. The van der Waals surface area contributed by atoms with Crippen LogP contribution in [0.5, 0.6) is 0 Å². The number of fused-ring (bicyclic) bond motifs is 1. The van der Waals surface area contributed by atoms with E-state index >= 15 is 0 Å². The number of amides is 5. The first-order chi connectivity index (χ1) is 27.2. The van der Waals surface area contributed by atoms with Crippen LogP contribution in [0, 0.1) is 5.92 Å². The lowest BCUT2D eigenvalue weighted by Crippen LogP contribution is -2.61. The number of carbonyl (C=O) groups is 7. The monoisotopic (exact) mass is 821 g/mol. The van der Waals surface area contributed by atoms with Crippen molar-refractivity contribution in [3.8, 4) is 0 Å². The van der Waals surface area contributed by atoms with Gasteiger partial charge in [-0.25, -0.2) is 9.59 Å². The fourth-order valence-electron chi connectivity index (χ4n) is 5.40. The standard InChI is InChI=1S/C37H42F3N5O13/c1-4-18(2)30(45-36(56)57-17-20-8-6-5-7-9-20)34(54)42-24(12-13-27(47)48)32(52)44-31(19(3)46)35(55)43-25(16-28(49)50)33(53)41-21-10-11-22-23(37(38,39)40)15-29(51)58-26(22)14-21/h5-11,14-15,18-19,24-25,30-31,46H,4,12-13,16-17H2,1-3H3,(H,41,53)(H,42,54)(H,43,55)(H,44,52)(H,45,56)(H,47,48)(H,49,50)/t18-,19+,24+,25+,30+,31+/m1/s1. The molecule has 0 bridgehead atoms. The van der Waals surface area contributed by atoms with Crippen molar-refractivity contribution in [2.45, 2.75) is 89.5 Å². The van der Waals surface area contributed by atoms with Crippen LogP contribution in [0.1, 0.15) is 57.6 Å². The molecule has 3 aromatic rings. The number of alkyl carbamates (subject to hydrolysis) is 1. The number of aliphatic carboxylic acids is 2. The van der Waals surface area contributed by atoms with Crippen molar-refractivity contribution in [3.63, 3.8) is 0 Å². The molecule has 0 radical (unpaired) electrons. The van der Waals surface area contributed by atoms with Gasteiger partial charge in [-0.3, -0.25) is 28.8 Å². The van der Waals surface area contributed by atoms with Gasteiger partial charge in [-0.1, -0.05) is 50.6 Å². The first kappa shape index (κ1) is 45.9. The van der Waals surface area contributed by atoms with Crippen molar-refractivity contribution in [2.75, 3.05) is 5.32 Å². The molecular weight excluding hydrogens is 779 g/mol. The zero-order valence-electron chi connectivity index (χ0n) is 31.3. The van der Waals surface area contributed by atoms with Gasteiger partial charge in [0.2, 0.25) is 23.6 Å². The Morgan fingerprint density at radius 1 is 0.793 bits per heavy atom. The molecule has 0 spiro atoms. The number of aliphatic hydroxyl groups is 1. The zero-order chi connectivity index (χ0) is 43.3. The lowest BCUT2D eigenvalue weighted by Gasteiger charge is -2.28. The molecule has 314 valence electrons. The number of aliphatic hydroxyl groups excluding tert-OH is 1. The smallest absolute Gasteiger partial charge is 0.417 e. The number of alkyl halides is 3. The number of anilines is 1. The number of hydrogen-bond acceptors (Lipinski definition) is 11. The molecule has 5 amide bonds. The van der Waals surface area contributed by atoms with Crippen molar-refractivity contribution in [1.82, 2.24) is 21.3 Å². The number of carboxylic acids is 2. The van der Waals surface area contributed by atoms with E-state index in [1.54, 1.807) is 44.2 Å². The third-order valence-corrected chi connectivity index (χ3v) is 8.65. The van der Waals surface area contributed by atoms with Crippen molar-refractivity contribution in [2.24, 2.45) is 5.92 Å². The molecule has 0 aliphatic heterocycles. The molecule has 8 N–H and O–H groups in total. The van der Waals surface area contributed by atoms with E-state index in [4.69, 9.17) is 9.15 Å². The summed E-state index contributed by atoms with van der Waals surface area (Å²) in [5, 5.41) is 39.9. The maximum absolute atomic E-state index is 13.5. The first-order valence-corrected chi connectivity index (χ1v) is 17.7. The molecule has 0 unspecified atom stereocenters. The van der Waals surface area contributed by atoms with Crippen molar-refractivity contribution in [3.05, 3.63) is 76.1 Å². The van der Waals surface area contributed by atoms with Crippen LogP contribution in [0.3, 0.4) is 0 Å². The Labute approximate surface area is 327 Å². The Balaban J connectivity index is 1.78. The molecule has 0 saturated heterocycles. The number of nitrogens with one attached hydrogen (secondary N) is 5. The molecule has 3 rings (SSSR count). The largest absolute Gasteiger partial charge is 0.481 e. The van der Waals surface area contributed by atoms with Gasteiger partial charge in [0, 0.05) is 29.6 Å². The SMILES string of the molecule is CC[C@@H](C)[C@H](NC(=O)OCc1ccccc1)C(=O)N[C@@H](CCC(=O)O)C(=O)N[C@H](C(=O)N[C@@H](CC(=O)O)C(=O)Nc1ccc2c(C(F)(F)F)cc(=O)oc2c1)[C@H](C)O. The van der Waals surface area contributed by atoms with Crippen LogP contribution in [0.15, 0.2) is 63.8 Å². The second-order valence-electron chi connectivity index (χ2n) is 13.1. The molecular formula is C37H42F3N5O13. The Morgan fingerprint density at radius 3 is 2.02 bits per heavy atom. The number of rotatable bonds is 19. The number of ether oxygens (including phenoxy) is 1. The Kier molecular flexibility index (Phi) is 16.3. The summed E-state index contributed by atoms with van der Waals surface area (Å²) in [5.41, 5.74) is -2.84. The first-order valence-electron chi connectivity index (χ1n) is 17.7. The summed E-state index contributed by atoms with van der Waals surface area (Å²) < 4.78 is 50.4. The zero-order valence-corrected chi connectivity index (χ0v) is 31.3. The molecule has 6 atom stereocenters. The van der Waals surface area contributed by atoms with Crippen molar-refractivity contribution in [1.29, 1.82) is 0 Å². The van der Waals surface area contributed by atoms with Crippen LogP contribution in [0.2, 0.25) is 0 Å². The van der Waals surface area contributed by atoms with Crippen LogP contribution in [-0.2, 0) is 46.3 Å². The molecule has 0 fully saturated rings. The van der Waals surface area contributed by atoms with E-state index in [1.165, 1.54) is 0 Å². The molecule has 0 aliphatic carbocycles. The summed E-state index contributed by atoms with van der Waals surface area (Å²) in [6, 6.07) is 4.79. The van der Waals surface area contributed by atoms with Gasteiger partial charge in [0.15, 0.2) is 0 Å². The van der Waals surface area contributed by atoms with Gasteiger partial charge in [0.25, 0.3) is 0 Å². The van der Waals surface area contributed by atoms with E-state index in [-0.39, 0.29) is 18.4 Å². The predicted molar refractivity (Wildman–Crippen MR) is 196 cm³/mol. The van der Waals surface area contributed by atoms with E-state index in [1.807, 2.05) is 0 Å². The second kappa shape index (κ2) is 20.6. The lowest BCUT2D eigenvalue weighted by molar-refractivity contribution is -0.141. The number of halogens is 3. The highest BCUT2D eigenvalue weighted by Gasteiger charge is 2.36. The van der Waals surface area contributed by atoms with Crippen LogP contribution in [-0.4, -0.2) is 87.3 Å². The minimum absolute atomic E-state index is 0.127. The topological polar surface area (TPSA) is 280 Å².